The molecule has 0 aromatic heterocycles. The SMILES string of the molecule is COC(=O)c1cc(Cl)ccc1Cc1ccc(NCc2ccccc2)c(N)c1.COC(=O)c1cc(Cl)ccc1Cc1ccc2c(c1)CC(=O)N2Cc1ccccc1. The highest BCUT2D eigenvalue weighted by Gasteiger charge is 2.27. The highest BCUT2D eigenvalue weighted by Crippen LogP contribution is 2.32. The van der Waals surface area contributed by atoms with Gasteiger partial charge >= 0.3 is 11.9 Å². The summed E-state index contributed by atoms with van der Waals surface area (Å²) in [6, 6.07) is 42.5. The van der Waals surface area contributed by atoms with Gasteiger partial charge in [0.25, 0.3) is 0 Å². The van der Waals surface area contributed by atoms with Crippen molar-refractivity contribution in [3.8, 4) is 0 Å². The largest absolute Gasteiger partial charge is 0.465 e. The highest BCUT2D eigenvalue weighted by atomic mass is 35.5. The van der Waals surface area contributed by atoms with Crippen LogP contribution in [0.4, 0.5) is 17.1 Å². The van der Waals surface area contributed by atoms with Gasteiger partial charge in [-0.15, -0.1) is 0 Å². The molecule has 8 nitrogen and oxygen atoms in total. The molecule has 7 rings (SSSR count). The summed E-state index contributed by atoms with van der Waals surface area (Å²) in [5.41, 5.74) is 16.7. The Balaban J connectivity index is 0.000000190. The number of hydrogen-bond donors (Lipinski definition) is 2. The fourth-order valence-corrected chi connectivity index (χ4v) is 6.95. The molecule has 0 fully saturated rings. The zero-order chi connectivity index (χ0) is 39.6. The number of benzene rings is 6. The van der Waals surface area contributed by atoms with E-state index in [0.29, 0.717) is 59.2 Å². The Labute approximate surface area is 336 Å². The molecule has 56 heavy (non-hydrogen) atoms. The molecule has 0 spiro atoms. The Morgan fingerprint density at radius 1 is 0.661 bits per heavy atom. The number of halogens is 2. The molecule has 0 bridgehead atoms. The third-order valence-corrected chi connectivity index (χ3v) is 9.92. The molecule has 0 unspecified atom stereocenters. The van der Waals surface area contributed by atoms with Gasteiger partial charge in [-0.1, -0.05) is 114 Å². The molecular formula is C46H41Cl2N3O5. The number of amides is 1. The first-order valence-electron chi connectivity index (χ1n) is 18.0. The van der Waals surface area contributed by atoms with Crippen LogP contribution in [0, 0.1) is 0 Å². The van der Waals surface area contributed by atoms with Crippen molar-refractivity contribution in [1.82, 2.24) is 0 Å². The molecule has 1 amide bonds. The van der Waals surface area contributed by atoms with Crippen LogP contribution in [0.3, 0.4) is 0 Å². The van der Waals surface area contributed by atoms with E-state index in [2.05, 4.69) is 17.4 Å². The third-order valence-electron chi connectivity index (χ3n) is 9.45. The predicted molar refractivity (Wildman–Crippen MR) is 224 cm³/mol. The lowest BCUT2D eigenvalue weighted by Crippen LogP contribution is -2.25. The van der Waals surface area contributed by atoms with E-state index in [0.717, 1.165) is 44.8 Å². The second-order valence-electron chi connectivity index (χ2n) is 13.3. The van der Waals surface area contributed by atoms with Gasteiger partial charge in [-0.2, -0.15) is 0 Å². The fourth-order valence-electron chi connectivity index (χ4n) is 6.61. The van der Waals surface area contributed by atoms with Gasteiger partial charge in [0, 0.05) is 22.3 Å². The van der Waals surface area contributed by atoms with Crippen LogP contribution >= 0.6 is 23.2 Å². The van der Waals surface area contributed by atoms with Gasteiger partial charge in [0.05, 0.1) is 49.7 Å². The number of nitrogens with one attached hydrogen (secondary N) is 1. The molecule has 1 heterocycles. The van der Waals surface area contributed by atoms with E-state index in [-0.39, 0.29) is 5.91 Å². The maximum absolute atomic E-state index is 12.6. The Hall–Kier alpha value is -6.09. The maximum atomic E-state index is 12.6. The Kier molecular flexibility index (Phi) is 13.1. The molecule has 10 heteroatoms. The quantitative estimate of drug-likeness (QED) is 0.0994. The second-order valence-corrected chi connectivity index (χ2v) is 14.2. The number of anilines is 3. The van der Waals surface area contributed by atoms with Gasteiger partial charge < -0.3 is 25.4 Å². The predicted octanol–water partition coefficient (Wildman–Crippen LogP) is 9.72. The maximum Gasteiger partial charge on any atom is 0.338 e. The fraction of sp³-hybridized carbons (Fsp3) is 0.152. The average molecular weight is 787 g/mol. The van der Waals surface area contributed by atoms with Crippen LogP contribution in [0.2, 0.25) is 10.0 Å². The number of hydrogen-bond acceptors (Lipinski definition) is 7. The molecule has 0 aliphatic carbocycles. The van der Waals surface area contributed by atoms with Crippen molar-refractivity contribution in [3.63, 3.8) is 0 Å². The Morgan fingerprint density at radius 2 is 1.20 bits per heavy atom. The summed E-state index contributed by atoms with van der Waals surface area (Å²) in [6.07, 6.45) is 1.51. The molecule has 0 atom stereocenters. The van der Waals surface area contributed by atoms with Crippen LogP contribution in [0.5, 0.6) is 0 Å². The van der Waals surface area contributed by atoms with Crippen molar-refractivity contribution >= 4 is 58.1 Å². The number of fused-ring (bicyclic) bond motifs is 1. The summed E-state index contributed by atoms with van der Waals surface area (Å²) in [7, 11) is 2.72. The number of nitrogen functional groups attached to an aromatic ring is 1. The lowest BCUT2D eigenvalue weighted by Gasteiger charge is -2.18. The molecule has 6 aromatic carbocycles. The van der Waals surface area contributed by atoms with Crippen LogP contribution < -0.4 is 16.0 Å². The van der Waals surface area contributed by atoms with E-state index in [1.807, 2.05) is 102 Å². The zero-order valence-electron chi connectivity index (χ0n) is 31.1. The van der Waals surface area contributed by atoms with E-state index < -0.39 is 11.9 Å². The molecular weight excluding hydrogens is 745 g/mol. The number of rotatable bonds is 11. The molecule has 6 aromatic rings. The van der Waals surface area contributed by atoms with Crippen LogP contribution in [0.25, 0.3) is 0 Å². The summed E-state index contributed by atoms with van der Waals surface area (Å²) in [5.74, 6) is -0.711. The van der Waals surface area contributed by atoms with Crippen molar-refractivity contribution in [2.75, 3.05) is 30.2 Å². The number of ether oxygens (including phenoxy) is 2. The monoisotopic (exact) mass is 785 g/mol. The molecule has 1 aliphatic rings. The summed E-state index contributed by atoms with van der Waals surface area (Å²) in [5, 5.41) is 4.34. The first-order chi connectivity index (χ1) is 27.1. The van der Waals surface area contributed by atoms with Crippen LogP contribution in [0.1, 0.15) is 59.7 Å². The van der Waals surface area contributed by atoms with Gasteiger partial charge in [-0.25, -0.2) is 9.59 Å². The van der Waals surface area contributed by atoms with Crippen LogP contribution in [-0.4, -0.2) is 32.1 Å². The van der Waals surface area contributed by atoms with Crippen molar-refractivity contribution in [2.45, 2.75) is 32.4 Å². The topological polar surface area (TPSA) is 111 Å². The lowest BCUT2D eigenvalue weighted by molar-refractivity contribution is -0.117. The number of carbonyl (C=O) groups is 3. The van der Waals surface area contributed by atoms with E-state index in [9.17, 15) is 14.4 Å². The summed E-state index contributed by atoms with van der Waals surface area (Å²) < 4.78 is 9.73. The number of esters is 2. The zero-order valence-corrected chi connectivity index (χ0v) is 32.6. The molecule has 3 N–H and O–H groups in total. The number of carbonyl (C=O) groups excluding carboxylic acids is 3. The minimum absolute atomic E-state index is 0.0998. The van der Waals surface area contributed by atoms with E-state index in [1.165, 1.54) is 19.8 Å². The Morgan fingerprint density at radius 3 is 1.75 bits per heavy atom. The first-order valence-corrected chi connectivity index (χ1v) is 18.7. The second kappa shape index (κ2) is 18.5. The van der Waals surface area contributed by atoms with Crippen molar-refractivity contribution in [1.29, 1.82) is 0 Å². The Bertz CT molecular complexity index is 2350. The molecule has 0 saturated heterocycles. The number of methoxy groups -OCH3 is 2. The third kappa shape index (κ3) is 9.96. The van der Waals surface area contributed by atoms with E-state index >= 15 is 0 Å². The first kappa shape index (κ1) is 39.6. The molecule has 284 valence electrons. The van der Waals surface area contributed by atoms with Crippen LogP contribution in [-0.2, 0) is 46.6 Å². The summed E-state index contributed by atoms with van der Waals surface area (Å²) in [4.78, 5) is 38.5. The smallest absolute Gasteiger partial charge is 0.338 e. The van der Waals surface area contributed by atoms with Gasteiger partial charge in [0.1, 0.15) is 0 Å². The normalized spacial score (nSPS) is 11.6. The standard InChI is InChI=1S/C24H20ClNO3.C22H21ClN2O2/c1-29-24(28)21-14-20(25)9-8-18(21)11-17-7-10-22-19(12-17)13-23(27)26(22)15-16-5-3-2-4-6-16;1-27-22(26)19-13-18(23)9-8-17(19)11-16-7-10-21(20(24)12-16)25-14-15-5-3-2-4-6-15/h2-10,12,14H,11,13,15H2,1H3;2-10,12-13,25H,11,14,24H2,1H3. The van der Waals surface area contributed by atoms with Gasteiger partial charge in [-0.3, -0.25) is 4.79 Å². The summed E-state index contributed by atoms with van der Waals surface area (Å²) in [6.45, 7) is 1.27. The minimum Gasteiger partial charge on any atom is -0.465 e. The molecule has 0 saturated carbocycles. The van der Waals surface area contributed by atoms with Gasteiger partial charge in [0.15, 0.2) is 0 Å². The molecule has 1 aliphatic heterocycles. The van der Waals surface area contributed by atoms with Crippen molar-refractivity contribution in [3.05, 3.63) is 194 Å². The van der Waals surface area contributed by atoms with Crippen molar-refractivity contribution in [2.24, 2.45) is 0 Å². The van der Waals surface area contributed by atoms with Crippen molar-refractivity contribution < 1.29 is 23.9 Å². The lowest BCUT2D eigenvalue weighted by atomic mass is 9.98. The highest BCUT2D eigenvalue weighted by molar-refractivity contribution is 6.31. The average Bonchev–Trinajstić information content (AvgIpc) is 3.52. The molecule has 0 radical (unpaired) electrons. The van der Waals surface area contributed by atoms with Crippen LogP contribution in [0.15, 0.2) is 133 Å². The number of nitrogens with zero attached hydrogens (tertiary/aromatic N) is 1. The van der Waals surface area contributed by atoms with E-state index in [4.69, 9.17) is 38.4 Å². The summed E-state index contributed by atoms with van der Waals surface area (Å²) >= 11 is 12.1. The number of nitrogens with two attached hydrogens (primary N) is 1. The minimum atomic E-state index is -0.409. The van der Waals surface area contributed by atoms with Gasteiger partial charge in [-0.05, 0) is 94.3 Å². The van der Waals surface area contributed by atoms with Gasteiger partial charge in [0.2, 0.25) is 5.91 Å². The van der Waals surface area contributed by atoms with E-state index in [1.54, 1.807) is 24.3 Å².